The largest absolute Gasteiger partial charge is 0.394 e. The van der Waals surface area contributed by atoms with Gasteiger partial charge in [-0.25, -0.2) is 0 Å². The predicted octanol–water partition coefficient (Wildman–Crippen LogP) is 0.772. The number of aliphatic hydroxyl groups is 2. The Balaban J connectivity index is -0.0000000720. The van der Waals surface area contributed by atoms with Crippen molar-refractivity contribution in [1.29, 1.82) is 0 Å². The maximum absolute atomic E-state index is 8.06. The summed E-state index contributed by atoms with van der Waals surface area (Å²) < 4.78 is 0. The van der Waals surface area contributed by atoms with E-state index in [1.807, 2.05) is 0 Å². The average molecular weight is 233 g/mol. The molecule has 0 aliphatic heterocycles. The van der Waals surface area contributed by atoms with E-state index in [1.54, 1.807) is 27.7 Å². The molecule has 0 amide bonds. The van der Waals surface area contributed by atoms with Crippen molar-refractivity contribution in [2.24, 2.45) is 0 Å². The molecule has 2 nitrogen and oxygen atoms in total. The third kappa shape index (κ3) is 584. The fourth-order valence-corrected chi connectivity index (χ4v) is 0. The van der Waals surface area contributed by atoms with Gasteiger partial charge in [0.1, 0.15) is 0 Å². The Morgan fingerprint density at radius 1 is 0.778 bits per heavy atom. The van der Waals surface area contributed by atoms with Gasteiger partial charge < -0.3 is 10.2 Å². The van der Waals surface area contributed by atoms with Gasteiger partial charge in [0.05, 0.1) is 0 Å². The Bertz CT molecular complexity index is 26.5. The molecule has 3 heteroatoms. The fourth-order valence-electron chi connectivity index (χ4n) is 0. The number of aliphatic hydroxyl groups excluding tert-OH is 2. The van der Waals surface area contributed by atoms with Gasteiger partial charge in [0.2, 0.25) is 0 Å². The molecule has 0 aliphatic carbocycles. The Labute approximate surface area is 77.4 Å². The molecule has 0 aromatic heterocycles. The van der Waals surface area contributed by atoms with E-state index in [9.17, 15) is 0 Å². The molecule has 9 heavy (non-hydrogen) atoms. The minimum Gasteiger partial charge on any atom is -0.394 e. The molecule has 0 aliphatic rings. The second-order valence-electron chi connectivity index (χ2n) is 2.19. The summed E-state index contributed by atoms with van der Waals surface area (Å²) in [6.45, 7) is 6.89. The van der Waals surface area contributed by atoms with E-state index >= 15 is 0 Å². The molecule has 0 heterocycles. The summed E-state index contributed by atoms with van der Waals surface area (Å²) >= 11 is 0. The van der Waals surface area contributed by atoms with E-state index in [-0.39, 0.29) is 39.5 Å². The van der Waals surface area contributed by atoms with Crippen LogP contribution in [0.2, 0.25) is 0 Å². The van der Waals surface area contributed by atoms with Crippen LogP contribution in [0.5, 0.6) is 0 Å². The van der Waals surface area contributed by atoms with Crippen molar-refractivity contribution >= 4 is 0 Å². The van der Waals surface area contributed by atoms with Crippen LogP contribution in [0.15, 0.2) is 0 Å². The molecular weight excluding hydrogens is 216 g/mol. The molecule has 0 saturated heterocycles. The van der Waals surface area contributed by atoms with Crippen molar-refractivity contribution in [2.45, 2.75) is 39.9 Å². The first-order valence-corrected chi connectivity index (χ1v) is 2.83. The molecule has 0 rings (SSSR count). The first-order chi connectivity index (χ1) is 3.46. The normalized spacial score (nSPS) is 8.00. The van der Waals surface area contributed by atoms with E-state index in [2.05, 4.69) is 0 Å². The number of rotatable bonds is 0. The van der Waals surface area contributed by atoms with Gasteiger partial charge in [-0.15, -0.1) is 0 Å². The van der Waals surface area contributed by atoms with Crippen molar-refractivity contribution in [3.8, 4) is 0 Å². The molecule has 0 saturated carbocycles. The van der Waals surface area contributed by atoms with Crippen LogP contribution in [-0.2, 0) is 27.3 Å². The van der Waals surface area contributed by atoms with Crippen molar-refractivity contribution in [2.75, 3.05) is 0 Å². The second-order valence-corrected chi connectivity index (χ2v) is 2.19. The molecule has 2 N–H and O–H groups in total. The van der Waals surface area contributed by atoms with Crippen LogP contribution >= 0.6 is 0 Å². The molecule has 0 bridgehead atoms. The summed E-state index contributed by atoms with van der Waals surface area (Å²) in [6, 6.07) is 0. The average Bonchev–Trinajstić information content (AvgIpc) is 1.25. The van der Waals surface area contributed by atoms with Crippen LogP contribution in [0.4, 0.5) is 0 Å². The smallest absolute Gasteiger partial charge is 0.0483 e. The molecule has 0 aromatic carbocycles. The van der Waals surface area contributed by atoms with E-state index < -0.39 is 0 Å². The van der Waals surface area contributed by atoms with Crippen molar-refractivity contribution < 1.29 is 37.5 Å². The Morgan fingerprint density at radius 3 is 0.778 bits per heavy atom. The van der Waals surface area contributed by atoms with Gasteiger partial charge in [0.15, 0.2) is 0 Å². The minimum absolute atomic E-state index is 0. The Kier molecular flexibility index (Phi) is 21.2. The first kappa shape index (κ1) is 16.4. The van der Waals surface area contributed by atoms with Gasteiger partial charge in [-0.1, -0.05) is 0 Å². The standard InChI is InChI=1S/2C3H8O.Cd/c2*1-3(2)4;/h2*3-4H,1-2H3;. The number of hydrogen-bond acceptors (Lipinski definition) is 2. The van der Waals surface area contributed by atoms with Crippen LogP contribution in [0.1, 0.15) is 27.7 Å². The monoisotopic (exact) mass is 234 g/mol. The molecule has 0 aromatic rings. The summed E-state index contributed by atoms with van der Waals surface area (Å²) in [5.74, 6) is 0. The fraction of sp³-hybridized carbons (Fsp3) is 1.00. The zero-order valence-corrected chi connectivity index (χ0v) is 10.8. The van der Waals surface area contributed by atoms with E-state index in [0.29, 0.717) is 0 Å². The van der Waals surface area contributed by atoms with E-state index in [0.717, 1.165) is 0 Å². The first-order valence-electron chi connectivity index (χ1n) is 2.83. The van der Waals surface area contributed by atoms with Gasteiger partial charge in [-0.3, -0.25) is 0 Å². The molecule has 0 unspecified atom stereocenters. The third-order valence-corrected chi connectivity index (χ3v) is 0. The SMILES string of the molecule is CC(C)O.CC(C)O.[Cd]. The molecule has 0 spiro atoms. The van der Waals surface area contributed by atoms with Gasteiger partial charge in [0.25, 0.3) is 0 Å². The van der Waals surface area contributed by atoms with Crippen molar-refractivity contribution in [3.63, 3.8) is 0 Å². The quantitative estimate of drug-likeness (QED) is 0.606. The predicted molar refractivity (Wildman–Crippen MR) is 34.7 cm³/mol. The third-order valence-electron chi connectivity index (χ3n) is 0. The zero-order chi connectivity index (χ0) is 7.15. The summed E-state index contributed by atoms with van der Waals surface area (Å²) in [5, 5.41) is 16.1. The van der Waals surface area contributed by atoms with Gasteiger partial charge in [-0.05, 0) is 27.7 Å². The van der Waals surface area contributed by atoms with Gasteiger partial charge in [0, 0.05) is 39.5 Å². The van der Waals surface area contributed by atoms with Crippen LogP contribution in [-0.4, -0.2) is 22.4 Å². The minimum atomic E-state index is -0.167. The molecule has 0 fully saturated rings. The van der Waals surface area contributed by atoms with Gasteiger partial charge >= 0.3 is 0 Å². The van der Waals surface area contributed by atoms with E-state index in [1.165, 1.54) is 0 Å². The van der Waals surface area contributed by atoms with Crippen molar-refractivity contribution in [3.05, 3.63) is 0 Å². The molecule has 54 valence electrons. The Hall–Kier alpha value is 0.842. The molecule has 0 atom stereocenters. The second kappa shape index (κ2) is 11.6. The van der Waals surface area contributed by atoms with E-state index in [4.69, 9.17) is 10.2 Å². The summed E-state index contributed by atoms with van der Waals surface area (Å²) in [7, 11) is 0. The topological polar surface area (TPSA) is 40.5 Å². The summed E-state index contributed by atoms with van der Waals surface area (Å²) in [5.41, 5.74) is 0. The van der Waals surface area contributed by atoms with Crippen LogP contribution in [0.3, 0.4) is 0 Å². The number of hydrogen-bond donors (Lipinski definition) is 2. The summed E-state index contributed by atoms with van der Waals surface area (Å²) in [4.78, 5) is 0. The van der Waals surface area contributed by atoms with Crippen molar-refractivity contribution in [1.82, 2.24) is 0 Å². The van der Waals surface area contributed by atoms with Crippen LogP contribution in [0.25, 0.3) is 0 Å². The zero-order valence-electron chi connectivity index (χ0n) is 6.76. The van der Waals surface area contributed by atoms with Gasteiger partial charge in [-0.2, -0.15) is 0 Å². The van der Waals surface area contributed by atoms with Crippen LogP contribution in [0, 0.1) is 0 Å². The maximum Gasteiger partial charge on any atom is 0.0483 e. The molecular formula is C6H16CdO2. The maximum atomic E-state index is 8.06. The van der Waals surface area contributed by atoms with Crippen LogP contribution < -0.4 is 0 Å². The molecule has 0 radical (unpaired) electrons. The summed E-state index contributed by atoms with van der Waals surface area (Å²) in [6.07, 6.45) is -0.333. The Morgan fingerprint density at radius 2 is 0.778 bits per heavy atom.